The van der Waals surface area contributed by atoms with Gasteiger partial charge in [0.05, 0.1) is 129 Å². The lowest BCUT2D eigenvalue weighted by Gasteiger charge is -2.19. The Hall–Kier alpha value is -16.9. The highest BCUT2D eigenvalue weighted by Crippen LogP contribution is 2.50. The number of nitrogens with zero attached hydrogens (tertiary/aromatic N) is 10. The van der Waals surface area contributed by atoms with E-state index < -0.39 is 0 Å². The van der Waals surface area contributed by atoms with Gasteiger partial charge < -0.3 is 31.5 Å². The van der Waals surface area contributed by atoms with Crippen LogP contribution in [0.1, 0.15) is 59.7 Å². The summed E-state index contributed by atoms with van der Waals surface area (Å²) in [6.45, 7) is 6.54. The summed E-state index contributed by atoms with van der Waals surface area (Å²) >= 11 is 0. The van der Waals surface area contributed by atoms with Crippen LogP contribution in [0.25, 0.3) is 220 Å². The molecular weight excluding hydrogens is 1460 g/mol. The minimum absolute atomic E-state index is 0.279. The van der Waals surface area contributed by atoms with Crippen LogP contribution in [0.15, 0.2) is 311 Å². The summed E-state index contributed by atoms with van der Waals surface area (Å²) in [5.74, 6) is 0. The second-order valence-electron chi connectivity index (χ2n) is 31.7. The smallest absolute Gasteiger partial charge is 0.145 e. The van der Waals surface area contributed by atoms with Gasteiger partial charge in [-0.2, -0.15) is 31.6 Å². The van der Waals surface area contributed by atoms with Gasteiger partial charge in [-0.3, -0.25) is 0 Å². The maximum atomic E-state index is 11.8. The standard InChI is InChI=1S/C106H58N10O3/c1-106(2,3)69-29-38-90-83(52-69)102-93(116(90)96-46-61(55-109)43-79(85(96)58-112)66-24-30-73-76-33-39-91-100(104(76)118-98(73)50-66)81-48-63(62-14-6-4-7-15-62)26-36-88(81)114(91)94-44-59(53-107)22-23-68(94)56-110)41-34-77-74-31-25-67(51-99(74)119-105(77)102)78-42-60(54-108)45-95(84(78)57-111)115-89-37-28-65(49-82(89)101-92(115)40-32-75-72-19-11-13-21-97(72)117-103(75)101)64-27-35-87-80(47-64)71-18-10-12-20-86(71)113(87)70-16-8-5-9-17-70/h4-52H,1-3H3. The van der Waals surface area contributed by atoms with E-state index in [0.29, 0.717) is 95.0 Å². The van der Waals surface area contributed by atoms with Crippen molar-refractivity contribution in [3.63, 3.8) is 0 Å². The predicted molar refractivity (Wildman–Crippen MR) is 474 cm³/mol. The topological polar surface area (TPSA) is 202 Å². The number of fused-ring (bicyclic) bond motifs is 24. The summed E-state index contributed by atoms with van der Waals surface area (Å²) in [5.41, 5.74) is 23.0. The molecule has 0 aliphatic heterocycles. The van der Waals surface area contributed by atoms with Crippen LogP contribution >= 0.6 is 0 Å². The monoisotopic (exact) mass is 1520 g/mol. The molecular formula is C106H58N10O3. The normalized spacial score (nSPS) is 11.9. The Morgan fingerprint density at radius 2 is 0.655 bits per heavy atom. The maximum Gasteiger partial charge on any atom is 0.145 e. The Balaban J connectivity index is 0.678. The lowest BCUT2D eigenvalue weighted by atomic mass is 9.86. The molecule has 23 aromatic rings. The fraction of sp³-hybridized carbons (Fsp3) is 0.0377. The molecule has 0 radical (unpaired) electrons. The van der Waals surface area contributed by atoms with Gasteiger partial charge in [0.1, 0.15) is 51.7 Å². The summed E-state index contributed by atoms with van der Waals surface area (Å²) in [5, 5.41) is 79.3. The number of para-hydroxylation sites is 3. The Labute approximate surface area is 677 Å². The first-order valence-corrected chi connectivity index (χ1v) is 39.2. The van der Waals surface area contributed by atoms with Crippen molar-refractivity contribution in [3.05, 3.63) is 336 Å². The summed E-state index contributed by atoms with van der Waals surface area (Å²) in [4.78, 5) is 0. The van der Waals surface area contributed by atoms with Crippen LogP contribution in [0.5, 0.6) is 0 Å². The van der Waals surface area contributed by atoms with E-state index in [1.165, 1.54) is 0 Å². The third-order valence-corrected chi connectivity index (χ3v) is 24.3. The van der Waals surface area contributed by atoms with E-state index in [1.54, 1.807) is 36.4 Å². The van der Waals surface area contributed by atoms with Gasteiger partial charge in [-0.25, -0.2) is 0 Å². The van der Waals surface area contributed by atoms with Crippen molar-refractivity contribution < 1.29 is 13.3 Å². The molecule has 0 aliphatic carbocycles. The second kappa shape index (κ2) is 25.3. The Morgan fingerprint density at radius 3 is 1.18 bits per heavy atom. The van der Waals surface area contributed by atoms with Crippen molar-refractivity contribution in [3.8, 4) is 104 Å². The van der Waals surface area contributed by atoms with Crippen LogP contribution in [0.4, 0.5) is 0 Å². The highest BCUT2D eigenvalue weighted by atomic mass is 16.3. The highest BCUT2D eigenvalue weighted by molar-refractivity contribution is 6.28. The third-order valence-electron chi connectivity index (χ3n) is 24.3. The molecule has 7 heterocycles. The third kappa shape index (κ3) is 9.86. The van der Waals surface area contributed by atoms with Crippen LogP contribution in [0.3, 0.4) is 0 Å². The SMILES string of the molecule is CC(C)(C)c1ccc2c(c1)c1c3oc4cc(-c5cc(C#N)cc(-n6c7ccc(-c8ccc9c(c8)c8ccccc8n9-c8ccccc8)cc7c7c8oc9ccccc9c8ccc76)c5C#N)ccc4c3ccc1n2-c1cc(C#N)cc(-c2ccc3c(c2)oc2c3ccc3c2c2cc(-c4ccccc4)ccc2n3-c2cc(C#N)ccc2C#N)c1C#N. The van der Waals surface area contributed by atoms with Gasteiger partial charge in [0, 0.05) is 76.1 Å². The Morgan fingerprint density at radius 1 is 0.252 bits per heavy atom. The number of nitriles is 6. The molecule has 0 unspecified atom stereocenters. The molecule has 23 rings (SSSR count). The van der Waals surface area contributed by atoms with E-state index in [2.05, 4.69) is 229 Å². The van der Waals surface area contributed by atoms with Crippen LogP contribution in [0.2, 0.25) is 0 Å². The minimum Gasteiger partial charge on any atom is -0.455 e. The molecule has 7 aromatic heterocycles. The average Bonchev–Trinajstić information content (AvgIpc) is 1.56. The van der Waals surface area contributed by atoms with E-state index in [0.717, 1.165) is 164 Å². The largest absolute Gasteiger partial charge is 0.455 e. The first kappa shape index (κ1) is 67.7. The van der Waals surface area contributed by atoms with Gasteiger partial charge in [-0.1, -0.05) is 142 Å². The van der Waals surface area contributed by atoms with E-state index >= 15 is 0 Å². The fourth-order valence-electron chi connectivity index (χ4n) is 18.8. The van der Waals surface area contributed by atoms with Gasteiger partial charge in [0.2, 0.25) is 0 Å². The van der Waals surface area contributed by atoms with Gasteiger partial charge in [-0.05, 0) is 220 Å². The summed E-state index contributed by atoms with van der Waals surface area (Å²) < 4.78 is 29.8. The van der Waals surface area contributed by atoms with Crippen molar-refractivity contribution >= 4 is 153 Å². The highest BCUT2D eigenvalue weighted by Gasteiger charge is 2.30. The second-order valence-corrected chi connectivity index (χ2v) is 31.7. The van der Waals surface area contributed by atoms with Crippen molar-refractivity contribution in [1.29, 1.82) is 31.6 Å². The molecule has 0 N–H and O–H groups in total. The molecule has 119 heavy (non-hydrogen) atoms. The molecule has 0 amide bonds. The number of benzene rings is 16. The number of furan rings is 3. The van der Waals surface area contributed by atoms with Crippen LogP contribution < -0.4 is 0 Å². The maximum absolute atomic E-state index is 11.8. The molecule has 0 atom stereocenters. The zero-order valence-electron chi connectivity index (χ0n) is 64.0. The molecule has 0 fully saturated rings. The first-order chi connectivity index (χ1) is 58.3. The predicted octanol–water partition coefficient (Wildman–Crippen LogP) is 27.0. The van der Waals surface area contributed by atoms with E-state index in [9.17, 15) is 31.6 Å². The van der Waals surface area contributed by atoms with Crippen LogP contribution in [-0.2, 0) is 5.41 Å². The van der Waals surface area contributed by atoms with E-state index in [1.807, 2.05) is 108 Å². The minimum atomic E-state index is -0.279. The lowest BCUT2D eigenvalue weighted by Crippen LogP contribution is -2.10. The zero-order valence-corrected chi connectivity index (χ0v) is 64.0. The Kier molecular flexibility index (Phi) is 14.4. The molecule has 13 nitrogen and oxygen atoms in total. The van der Waals surface area contributed by atoms with Gasteiger partial charge in [-0.15, -0.1) is 0 Å². The molecule has 0 bridgehead atoms. The number of aromatic nitrogens is 4. The molecule has 0 spiro atoms. The van der Waals surface area contributed by atoms with Crippen molar-refractivity contribution in [2.75, 3.05) is 0 Å². The molecule has 550 valence electrons. The molecule has 0 saturated heterocycles. The summed E-state index contributed by atoms with van der Waals surface area (Å²) in [7, 11) is 0. The summed E-state index contributed by atoms with van der Waals surface area (Å²) in [6.07, 6.45) is 0. The van der Waals surface area contributed by atoms with E-state index in [-0.39, 0.29) is 5.41 Å². The van der Waals surface area contributed by atoms with E-state index in [4.69, 9.17) is 13.3 Å². The Bertz CT molecular complexity index is 8810. The number of hydrogen-bond acceptors (Lipinski definition) is 9. The van der Waals surface area contributed by atoms with Gasteiger partial charge in [0.25, 0.3) is 0 Å². The fourth-order valence-corrected chi connectivity index (χ4v) is 18.8. The van der Waals surface area contributed by atoms with Crippen molar-refractivity contribution in [2.24, 2.45) is 0 Å². The zero-order chi connectivity index (χ0) is 80.0. The van der Waals surface area contributed by atoms with Gasteiger partial charge >= 0.3 is 0 Å². The quantitative estimate of drug-likeness (QED) is 0.142. The van der Waals surface area contributed by atoms with Crippen molar-refractivity contribution in [2.45, 2.75) is 26.2 Å². The average molecular weight is 1520 g/mol. The molecule has 16 aromatic carbocycles. The van der Waals surface area contributed by atoms with Crippen LogP contribution in [-0.4, -0.2) is 18.3 Å². The van der Waals surface area contributed by atoms with Gasteiger partial charge in [0.15, 0.2) is 0 Å². The number of hydrogen-bond donors (Lipinski definition) is 0. The summed E-state index contributed by atoms with van der Waals surface area (Å²) in [6, 6.07) is 114. The molecule has 0 saturated carbocycles. The lowest BCUT2D eigenvalue weighted by molar-refractivity contribution is 0.591. The van der Waals surface area contributed by atoms with Crippen molar-refractivity contribution in [1.82, 2.24) is 18.3 Å². The molecule has 0 aliphatic rings. The van der Waals surface area contributed by atoms with Crippen LogP contribution in [0, 0.1) is 68.0 Å². The molecule has 13 heteroatoms. The first-order valence-electron chi connectivity index (χ1n) is 39.2. The number of rotatable bonds is 8.